The van der Waals surface area contributed by atoms with E-state index in [1.807, 2.05) is 55.5 Å². The van der Waals surface area contributed by atoms with Gasteiger partial charge in [-0.3, -0.25) is 4.79 Å². The molecule has 1 fully saturated rings. The summed E-state index contributed by atoms with van der Waals surface area (Å²) in [6.07, 6.45) is 4.07. The van der Waals surface area contributed by atoms with Gasteiger partial charge in [-0.1, -0.05) is 73.1 Å². The first-order valence-corrected chi connectivity index (χ1v) is 11.7. The molecule has 0 aliphatic carbocycles. The van der Waals surface area contributed by atoms with E-state index in [-0.39, 0.29) is 11.4 Å². The first-order chi connectivity index (χ1) is 15.0. The molecule has 3 aromatic carbocycles. The third kappa shape index (κ3) is 5.00. The number of anilines is 1. The van der Waals surface area contributed by atoms with E-state index in [2.05, 4.69) is 29.7 Å². The Bertz CT molecular complexity index is 1150. The molecule has 0 spiro atoms. The van der Waals surface area contributed by atoms with E-state index < -0.39 is 0 Å². The highest BCUT2D eigenvalue weighted by atomic mass is 35.5. The number of halogens is 1. The molecule has 0 aromatic heterocycles. The number of unbranched alkanes of at least 4 members (excludes halogenated alkanes) is 1. The van der Waals surface area contributed by atoms with Crippen LogP contribution >= 0.6 is 23.4 Å². The Morgan fingerprint density at radius 2 is 1.97 bits per heavy atom. The normalized spacial score (nSPS) is 17.2. The summed E-state index contributed by atoms with van der Waals surface area (Å²) in [4.78, 5) is 13.3. The van der Waals surface area contributed by atoms with Gasteiger partial charge in [-0.15, -0.1) is 0 Å². The highest BCUT2D eigenvalue weighted by Gasteiger charge is 2.27. The van der Waals surface area contributed by atoms with Crippen molar-refractivity contribution in [1.29, 1.82) is 0 Å². The van der Waals surface area contributed by atoms with Crippen LogP contribution in [0.3, 0.4) is 0 Å². The zero-order chi connectivity index (χ0) is 21.8. The molecule has 1 aliphatic heterocycles. The van der Waals surface area contributed by atoms with Crippen LogP contribution in [-0.4, -0.2) is 18.0 Å². The van der Waals surface area contributed by atoms with Crippen molar-refractivity contribution in [1.82, 2.24) is 5.32 Å². The van der Waals surface area contributed by atoms with E-state index in [9.17, 15) is 4.79 Å². The molecule has 4 nitrogen and oxygen atoms in total. The number of hydrogen-bond acceptors (Lipinski definition) is 4. The number of thioether (sulfide) groups is 1. The van der Waals surface area contributed by atoms with E-state index in [1.54, 1.807) is 0 Å². The summed E-state index contributed by atoms with van der Waals surface area (Å²) in [6, 6.07) is 17.8. The summed E-state index contributed by atoms with van der Waals surface area (Å²) < 4.78 is 5.98. The zero-order valence-corrected chi connectivity index (χ0v) is 19.1. The number of benzene rings is 3. The van der Waals surface area contributed by atoms with Gasteiger partial charge in [0, 0.05) is 16.1 Å². The molecular weight excluding hydrogens is 428 g/mol. The van der Waals surface area contributed by atoms with Gasteiger partial charge in [0.2, 0.25) is 0 Å². The van der Waals surface area contributed by atoms with Crippen LogP contribution in [-0.2, 0) is 4.79 Å². The lowest BCUT2D eigenvalue weighted by atomic mass is 10.0. The topological polar surface area (TPSA) is 50.4 Å². The number of fused-ring (bicyclic) bond motifs is 1. The fourth-order valence-electron chi connectivity index (χ4n) is 3.47. The highest BCUT2D eigenvalue weighted by Crippen LogP contribution is 2.35. The molecule has 1 saturated heterocycles. The molecule has 6 heteroatoms. The Kier molecular flexibility index (Phi) is 6.73. The number of amides is 1. The Morgan fingerprint density at radius 3 is 2.77 bits per heavy atom. The molecule has 1 unspecified atom stereocenters. The Hall–Kier alpha value is -2.63. The monoisotopic (exact) mass is 452 g/mol. The molecule has 2 N–H and O–H groups in total. The smallest absolute Gasteiger partial charge is 0.260 e. The van der Waals surface area contributed by atoms with Crippen LogP contribution < -0.4 is 15.4 Å². The first-order valence-electron chi connectivity index (χ1n) is 10.4. The lowest BCUT2D eigenvalue weighted by Gasteiger charge is -2.15. The maximum absolute atomic E-state index is 12.6. The van der Waals surface area contributed by atoms with Gasteiger partial charge in [0.1, 0.15) is 5.75 Å². The molecule has 0 saturated carbocycles. The Balaban J connectivity index is 1.57. The number of nitrogens with one attached hydrogen (secondary N) is 2. The minimum absolute atomic E-state index is 0.0884. The van der Waals surface area contributed by atoms with Crippen molar-refractivity contribution < 1.29 is 9.53 Å². The van der Waals surface area contributed by atoms with E-state index in [0.717, 1.165) is 46.2 Å². The number of aryl methyl sites for hydroxylation is 1. The molecule has 160 valence electrons. The first kappa shape index (κ1) is 21.6. The molecule has 1 atom stereocenters. The quantitative estimate of drug-likeness (QED) is 0.314. The van der Waals surface area contributed by atoms with E-state index >= 15 is 0 Å². The molecule has 4 rings (SSSR count). The predicted octanol–water partition coefficient (Wildman–Crippen LogP) is 6.58. The van der Waals surface area contributed by atoms with Crippen molar-refractivity contribution in [3.63, 3.8) is 0 Å². The van der Waals surface area contributed by atoms with Crippen molar-refractivity contribution in [2.75, 3.05) is 11.9 Å². The minimum Gasteiger partial charge on any atom is -0.493 e. The van der Waals surface area contributed by atoms with Gasteiger partial charge in [0.25, 0.3) is 5.91 Å². The molecule has 3 aromatic rings. The van der Waals surface area contributed by atoms with Crippen LogP contribution in [0.25, 0.3) is 16.8 Å². The van der Waals surface area contributed by atoms with Crippen molar-refractivity contribution in [2.45, 2.75) is 32.2 Å². The minimum atomic E-state index is -0.251. The third-order valence-corrected chi connectivity index (χ3v) is 6.44. The second kappa shape index (κ2) is 9.67. The molecule has 1 aliphatic rings. The van der Waals surface area contributed by atoms with Gasteiger partial charge in [0.05, 0.1) is 11.5 Å². The van der Waals surface area contributed by atoms with Crippen LogP contribution in [0.4, 0.5) is 5.69 Å². The second-order valence-electron chi connectivity index (χ2n) is 7.48. The molecule has 1 heterocycles. The van der Waals surface area contributed by atoms with Crippen molar-refractivity contribution >= 4 is 51.8 Å². The predicted molar refractivity (Wildman–Crippen MR) is 132 cm³/mol. The van der Waals surface area contributed by atoms with Gasteiger partial charge in [-0.25, -0.2) is 0 Å². The van der Waals surface area contributed by atoms with Crippen LogP contribution in [0.1, 0.15) is 30.9 Å². The SMILES string of the molecule is CCCCOc1ccc(/C=C2\SC(Nc3cc(Cl)ccc3C)NC2=O)c2ccccc12. The average molecular weight is 453 g/mol. The molecule has 31 heavy (non-hydrogen) atoms. The van der Waals surface area contributed by atoms with Gasteiger partial charge in [-0.2, -0.15) is 0 Å². The van der Waals surface area contributed by atoms with Gasteiger partial charge >= 0.3 is 0 Å². The van der Waals surface area contributed by atoms with Crippen molar-refractivity contribution in [2.24, 2.45) is 0 Å². The summed E-state index contributed by atoms with van der Waals surface area (Å²) in [7, 11) is 0. The fraction of sp³-hybridized carbons (Fsp3) is 0.240. The Labute approximate surface area is 192 Å². The summed E-state index contributed by atoms with van der Waals surface area (Å²) in [5, 5.41) is 9.13. The van der Waals surface area contributed by atoms with Crippen molar-refractivity contribution in [3.05, 3.63) is 75.7 Å². The number of carbonyl (C=O) groups is 1. The van der Waals surface area contributed by atoms with Gasteiger partial charge in [-0.05, 0) is 54.1 Å². The van der Waals surface area contributed by atoms with Crippen LogP contribution in [0.2, 0.25) is 5.02 Å². The fourth-order valence-corrected chi connectivity index (χ4v) is 4.61. The molecule has 1 amide bonds. The van der Waals surface area contributed by atoms with Crippen LogP contribution in [0.15, 0.2) is 59.5 Å². The summed E-state index contributed by atoms with van der Waals surface area (Å²) in [6.45, 7) is 4.86. The van der Waals surface area contributed by atoms with Crippen LogP contribution in [0, 0.1) is 6.92 Å². The summed E-state index contributed by atoms with van der Waals surface area (Å²) in [5.74, 6) is 0.792. The summed E-state index contributed by atoms with van der Waals surface area (Å²) in [5.41, 5.74) is 2.72. The number of rotatable bonds is 7. The van der Waals surface area contributed by atoms with Gasteiger partial charge < -0.3 is 15.4 Å². The number of carbonyl (C=O) groups excluding carboxylic acids is 1. The molecule has 0 bridgehead atoms. The Morgan fingerprint density at radius 1 is 1.16 bits per heavy atom. The zero-order valence-electron chi connectivity index (χ0n) is 17.6. The van der Waals surface area contributed by atoms with Crippen molar-refractivity contribution in [3.8, 4) is 5.75 Å². The second-order valence-corrected chi connectivity index (χ2v) is 9.07. The summed E-state index contributed by atoms with van der Waals surface area (Å²) >= 11 is 7.59. The van der Waals surface area contributed by atoms with E-state index in [0.29, 0.717) is 16.5 Å². The van der Waals surface area contributed by atoms with E-state index in [4.69, 9.17) is 16.3 Å². The number of hydrogen-bond donors (Lipinski definition) is 2. The number of ether oxygens (including phenoxy) is 1. The van der Waals surface area contributed by atoms with Gasteiger partial charge in [0.15, 0.2) is 5.50 Å². The highest BCUT2D eigenvalue weighted by molar-refractivity contribution is 8.05. The average Bonchev–Trinajstić information content (AvgIpc) is 3.11. The molecular formula is C25H25ClN2O2S. The standard InChI is InChI=1S/C25H25ClN2O2S/c1-3-4-13-30-22-12-10-17(19-7-5-6-8-20(19)22)14-23-24(29)28-25(31-23)27-21-15-18(26)11-9-16(21)2/h5-12,14-15,25,27H,3-4,13H2,1-2H3,(H,28,29)/b23-14-. The maximum Gasteiger partial charge on any atom is 0.260 e. The van der Waals surface area contributed by atoms with E-state index in [1.165, 1.54) is 11.8 Å². The third-order valence-electron chi connectivity index (χ3n) is 5.18. The lowest BCUT2D eigenvalue weighted by Crippen LogP contribution is -2.31. The maximum atomic E-state index is 12.6. The van der Waals surface area contributed by atoms with Crippen LogP contribution in [0.5, 0.6) is 5.75 Å². The lowest BCUT2D eigenvalue weighted by molar-refractivity contribution is -0.116. The molecule has 0 radical (unpaired) electrons. The largest absolute Gasteiger partial charge is 0.493 e.